The Morgan fingerprint density at radius 2 is 2.17 bits per heavy atom. The standard InChI is InChI=1S/C20H20FN7O/c1-2-16-10-17(28-20(24-16)22-12-23-28)27-8-4-6-14(11-27)19-25-18(26-29-19)13-5-3-7-15(21)9-13/h3,5,7,9-10,12,14H,2,4,6,8,11H2,1H3. The molecule has 1 saturated heterocycles. The summed E-state index contributed by atoms with van der Waals surface area (Å²) in [5.41, 5.74) is 1.59. The Hall–Kier alpha value is -3.36. The normalized spacial score (nSPS) is 17.2. The third kappa shape index (κ3) is 3.32. The van der Waals surface area contributed by atoms with Crippen LogP contribution in [0.1, 0.15) is 37.3 Å². The van der Waals surface area contributed by atoms with Crippen LogP contribution < -0.4 is 4.90 Å². The topological polar surface area (TPSA) is 85.2 Å². The number of piperidine rings is 1. The van der Waals surface area contributed by atoms with Gasteiger partial charge in [-0.25, -0.2) is 9.37 Å². The lowest BCUT2D eigenvalue weighted by molar-refractivity contribution is 0.333. The number of aromatic nitrogens is 6. The van der Waals surface area contributed by atoms with E-state index >= 15 is 0 Å². The highest BCUT2D eigenvalue weighted by Gasteiger charge is 2.28. The Balaban J connectivity index is 1.43. The SMILES string of the molecule is CCc1cc(N2CCCC(c3nc(-c4cccc(F)c4)no3)C2)n2ncnc2n1. The number of benzene rings is 1. The number of halogens is 1. The highest BCUT2D eigenvalue weighted by Crippen LogP contribution is 2.30. The zero-order chi connectivity index (χ0) is 19.8. The minimum absolute atomic E-state index is 0.0929. The first kappa shape index (κ1) is 17.7. The number of anilines is 1. The number of fused-ring (bicyclic) bond motifs is 1. The molecule has 0 radical (unpaired) electrons. The summed E-state index contributed by atoms with van der Waals surface area (Å²) < 4.78 is 20.8. The van der Waals surface area contributed by atoms with Gasteiger partial charge in [0.2, 0.25) is 11.7 Å². The Labute approximate surface area is 166 Å². The molecule has 0 saturated carbocycles. The number of hydrogen-bond donors (Lipinski definition) is 0. The number of nitrogens with zero attached hydrogens (tertiary/aromatic N) is 7. The molecule has 148 valence electrons. The highest BCUT2D eigenvalue weighted by molar-refractivity contribution is 5.54. The lowest BCUT2D eigenvalue weighted by Gasteiger charge is -2.32. The molecule has 0 bridgehead atoms. The van der Waals surface area contributed by atoms with E-state index in [9.17, 15) is 4.39 Å². The van der Waals surface area contributed by atoms with Gasteiger partial charge in [-0.3, -0.25) is 0 Å². The Morgan fingerprint density at radius 1 is 1.24 bits per heavy atom. The van der Waals surface area contributed by atoms with Crippen molar-refractivity contribution in [3.63, 3.8) is 0 Å². The van der Waals surface area contributed by atoms with Crippen molar-refractivity contribution in [2.45, 2.75) is 32.1 Å². The monoisotopic (exact) mass is 393 g/mol. The zero-order valence-electron chi connectivity index (χ0n) is 16.0. The second-order valence-electron chi connectivity index (χ2n) is 7.18. The quantitative estimate of drug-likeness (QED) is 0.526. The fourth-order valence-electron chi connectivity index (χ4n) is 3.78. The molecule has 0 aliphatic carbocycles. The van der Waals surface area contributed by atoms with Crippen LogP contribution >= 0.6 is 0 Å². The van der Waals surface area contributed by atoms with E-state index in [1.165, 1.54) is 18.5 Å². The predicted octanol–water partition coefficient (Wildman–Crippen LogP) is 3.26. The molecule has 8 nitrogen and oxygen atoms in total. The molecule has 1 aliphatic heterocycles. The van der Waals surface area contributed by atoms with Crippen molar-refractivity contribution in [3.05, 3.63) is 54.1 Å². The molecule has 4 heterocycles. The van der Waals surface area contributed by atoms with Crippen LogP contribution in [0.25, 0.3) is 17.2 Å². The average molecular weight is 393 g/mol. The van der Waals surface area contributed by atoms with Gasteiger partial charge < -0.3 is 9.42 Å². The van der Waals surface area contributed by atoms with Gasteiger partial charge in [0.25, 0.3) is 5.78 Å². The molecule has 0 amide bonds. The van der Waals surface area contributed by atoms with Crippen LogP contribution in [0.4, 0.5) is 10.2 Å². The third-order valence-electron chi connectivity index (χ3n) is 5.27. The molecule has 1 unspecified atom stereocenters. The van der Waals surface area contributed by atoms with Gasteiger partial charge in [0.05, 0.1) is 5.92 Å². The molecule has 29 heavy (non-hydrogen) atoms. The molecule has 1 aromatic carbocycles. The summed E-state index contributed by atoms with van der Waals surface area (Å²) in [6.07, 6.45) is 4.29. The van der Waals surface area contributed by atoms with E-state index in [1.54, 1.807) is 16.6 Å². The number of hydrogen-bond acceptors (Lipinski definition) is 7. The Morgan fingerprint density at radius 3 is 3.03 bits per heavy atom. The van der Waals surface area contributed by atoms with Crippen molar-refractivity contribution in [2.24, 2.45) is 0 Å². The summed E-state index contributed by atoms with van der Waals surface area (Å²) in [7, 11) is 0. The van der Waals surface area contributed by atoms with Gasteiger partial charge in [-0.15, -0.1) is 0 Å². The van der Waals surface area contributed by atoms with E-state index in [1.807, 2.05) is 0 Å². The molecule has 5 rings (SSSR count). The average Bonchev–Trinajstić information content (AvgIpc) is 3.43. The fraction of sp³-hybridized carbons (Fsp3) is 0.350. The van der Waals surface area contributed by atoms with Crippen LogP contribution in [-0.4, -0.2) is 42.8 Å². The first-order valence-corrected chi connectivity index (χ1v) is 9.75. The first-order chi connectivity index (χ1) is 14.2. The van der Waals surface area contributed by atoms with Crippen LogP contribution in [0.15, 0.2) is 41.2 Å². The molecule has 1 atom stereocenters. The van der Waals surface area contributed by atoms with Crippen molar-refractivity contribution < 1.29 is 8.91 Å². The summed E-state index contributed by atoms with van der Waals surface area (Å²) in [5.74, 6) is 2.34. The molecular formula is C20H20FN7O. The van der Waals surface area contributed by atoms with E-state index in [4.69, 9.17) is 4.52 Å². The van der Waals surface area contributed by atoms with Gasteiger partial charge >= 0.3 is 0 Å². The third-order valence-corrected chi connectivity index (χ3v) is 5.27. The minimum atomic E-state index is -0.320. The Kier molecular flexibility index (Phi) is 4.42. The van der Waals surface area contributed by atoms with Crippen LogP contribution in [0.5, 0.6) is 0 Å². The maximum Gasteiger partial charge on any atom is 0.254 e. The zero-order valence-corrected chi connectivity index (χ0v) is 16.0. The molecular weight excluding hydrogens is 373 g/mol. The number of rotatable bonds is 4. The fourth-order valence-corrected chi connectivity index (χ4v) is 3.78. The molecule has 0 N–H and O–H groups in total. The van der Waals surface area contributed by atoms with Crippen molar-refractivity contribution in [2.75, 3.05) is 18.0 Å². The van der Waals surface area contributed by atoms with Crippen LogP contribution in [0.3, 0.4) is 0 Å². The van der Waals surface area contributed by atoms with Gasteiger partial charge in [0, 0.05) is 30.4 Å². The van der Waals surface area contributed by atoms with Gasteiger partial charge in [-0.1, -0.05) is 24.2 Å². The number of aryl methyl sites for hydroxylation is 1. The maximum absolute atomic E-state index is 13.5. The van der Waals surface area contributed by atoms with E-state index in [2.05, 4.69) is 43.1 Å². The van der Waals surface area contributed by atoms with Crippen molar-refractivity contribution >= 4 is 11.6 Å². The summed E-state index contributed by atoms with van der Waals surface area (Å²) in [5, 5.41) is 8.39. The van der Waals surface area contributed by atoms with E-state index < -0.39 is 0 Å². The van der Waals surface area contributed by atoms with Crippen LogP contribution in [-0.2, 0) is 6.42 Å². The van der Waals surface area contributed by atoms with Crippen molar-refractivity contribution in [3.8, 4) is 11.4 Å². The highest BCUT2D eigenvalue weighted by atomic mass is 19.1. The second-order valence-corrected chi connectivity index (χ2v) is 7.18. The Bertz CT molecular complexity index is 1150. The summed E-state index contributed by atoms with van der Waals surface area (Å²) in [6.45, 7) is 3.71. The van der Waals surface area contributed by atoms with Gasteiger partial charge in [0.15, 0.2) is 0 Å². The lowest BCUT2D eigenvalue weighted by atomic mass is 9.98. The maximum atomic E-state index is 13.5. The smallest absolute Gasteiger partial charge is 0.254 e. The molecule has 1 aliphatic rings. The first-order valence-electron chi connectivity index (χ1n) is 9.75. The second kappa shape index (κ2) is 7.23. The van der Waals surface area contributed by atoms with Crippen LogP contribution in [0.2, 0.25) is 0 Å². The molecule has 3 aromatic heterocycles. The van der Waals surface area contributed by atoms with E-state index in [0.717, 1.165) is 43.9 Å². The van der Waals surface area contributed by atoms with E-state index in [-0.39, 0.29) is 11.7 Å². The van der Waals surface area contributed by atoms with Gasteiger partial charge in [-0.2, -0.15) is 19.6 Å². The summed E-state index contributed by atoms with van der Waals surface area (Å²) in [6, 6.07) is 8.28. The van der Waals surface area contributed by atoms with Crippen molar-refractivity contribution in [1.82, 2.24) is 29.7 Å². The summed E-state index contributed by atoms with van der Waals surface area (Å²) in [4.78, 5) is 15.6. The molecule has 9 heteroatoms. The van der Waals surface area contributed by atoms with E-state index in [0.29, 0.717) is 23.1 Å². The van der Waals surface area contributed by atoms with Gasteiger partial charge in [0.1, 0.15) is 18.0 Å². The largest absolute Gasteiger partial charge is 0.356 e. The molecule has 1 fully saturated rings. The van der Waals surface area contributed by atoms with Crippen LogP contribution in [0, 0.1) is 5.82 Å². The van der Waals surface area contributed by atoms with Crippen molar-refractivity contribution in [1.29, 1.82) is 0 Å². The van der Waals surface area contributed by atoms with Gasteiger partial charge in [-0.05, 0) is 31.4 Å². The molecule has 0 spiro atoms. The lowest BCUT2D eigenvalue weighted by Crippen LogP contribution is -2.36. The molecule has 4 aromatic rings. The summed E-state index contributed by atoms with van der Waals surface area (Å²) >= 11 is 0. The predicted molar refractivity (Wildman–Crippen MR) is 104 cm³/mol. The minimum Gasteiger partial charge on any atom is -0.356 e.